The summed E-state index contributed by atoms with van der Waals surface area (Å²) in [6.45, 7) is 0.911. The van der Waals surface area contributed by atoms with E-state index in [0.29, 0.717) is 41.0 Å². The number of carbonyl (C=O) groups is 1. The predicted molar refractivity (Wildman–Crippen MR) is 122 cm³/mol. The van der Waals surface area contributed by atoms with Gasteiger partial charge in [-0.25, -0.2) is 0 Å². The van der Waals surface area contributed by atoms with E-state index in [9.17, 15) is 4.79 Å². The molecule has 3 rings (SSSR count). The molecule has 0 radical (unpaired) electrons. The molecule has 1 N–H and O–H groups in total. The summed E-state index contributed by atoms with van der Waals surface area (Å²) < 4.78 is 16.4. The summed E-state index contributed by atoms with van der Waals surface area (Å²) in [4.78, 5) is 12.5. The Hall–Kier alpha value is -3.18. The van der Waals surface area contributed by atoms with E-state index in [0.717, 1.165) is 24.0 Å². The van der Waals surface area contributed by atoms with Crippen molar-refractivity contribution >= 4 is 17.5 Å². The van der Waals surface area contributed by atoms with Gasteiger partial charge in [-0.2, -0.15) is 0 Å². The fourth-order valence-electron chi connectivity index (χ4n) is 3.14. The molecular formula is C25H26ClNO4. The normalized spacial score (nSPS) is 10.4. The Morgan fingerprint density at radius 1 is 0.935 bits per heavy atom. The fourth-order valence-corrected chi connectivity index (χ4v) is 3.33. The van der Waals surface area contributed by atoms with Gasteiger partial charge in [0.1, 0.15) is 12.4 Å². The second-order valence-electron chi connectivity index (χ2n) is 6.96. The van der Waals surface area contributed by atoms with E-state index < -0.39 is 0 Å². The topological polar surface area (TPSA) is 56.8 Å². The molecule has 31 heavy (non-hydrogen) atoms. The van der Waals surface area contributed by atoms with E-state index in [1.54, 1.807) is 32.4 Å². The van der Waals surface area contributed by atoms with Gasteiger partial charge in [0.15, 0.2) is 11.5 Å². The molecule has 3 aromatic rings. The van der Waals surface area contributed by atoms with Crippen LogP contribution in [0.15, 0.2) is 66.7 Å². The number of hydrogen-bond acceptors (Lipinski definition) is 4. The van der Waals surface area contributed by atoms with Crippen molar-refractivity contribution in [1.29, 1.82) is 0 Å². The van der Waals surface area contributed by atoms with E-state index >= 15 is 0 Å². The lowest BCUT2D eigenvalue weighted by Crippen LogP contribution is -2.24. The third-order valence-electron chi connectivity index (χ3n) is 4.82. The van der Waals surface area contributed by atoms with Crippen molar-refractivity contribution in [3.05, 3.63) is 88.4 Å². The van der Waals surface area contributed by atoms with Crippen molar-refractivity contribution < 1.29 is 19.0 Å². The van der Waals surface area contributed by atoms with Gasteiger partial charge in [-0.3, -0.25) is 4.79 Å². The van der Waals surface area contributed by atoms with Crippen LogP contribution >= 0.6 is 11.6 Å². The first kappa shape index (κ1) is 22.5. The molecule has 1 amide bonds. The number of aryl methyl sites for hydroxylation is 1. The molecule has 0 heterocycles. The number of halogens is 1. The van der Waals surface area contributed by atoms with Gasteiger partial charge < -0.3 is 19.5 Å². The second kappa shape index (κ2) is 11.3. The van der Waals surface area contributed by atoms with Crippen LogP contribution in [0.25, 0.3) is 0 Å². The molecule has 0 aromatic heterocycles. The van der Waals surface area contributed by atoms with Crippen LogP contribution < -0.4 is 19.5 Å². The maximum Gasteiger partial charge on any atom is 0.251 e. The van der Waals surface area contributed by atoms with Crippen molar-refractivity contribution in [2.45, 2.75) is 19.4 Å². The van der Waals surface area contributed by atoms with Crippen LogP contribution in [-0.2, 0) is 13.0 Å². The first-order valence-electron chi connectivity index (χ1n) is 10.1. The first-order chi connectivity index (χ1) is 15.1. The zero-order valence-electron chi connectivity index (χ0n) is 17.7. The smallest absolute Gasteiger partial charge is 0.251 e. The van der Waals surface area contributed by atoms with Gasteiger partial charge in [-0.1, -0.05) is 41.9 Å². The lowest BCUT2D eigenvalue weighted by molar-refractivity contribution is 0.0952. The van der Waals surface area contributed by atoms with Gasteiger partial charge in [0, 0.05) is 22.7 Å². The summed E-state index contributed by atoms with van der Waals surface area (Å²) in [7, 11) is 3.23. The molecule has 3 aromatic carbocycles. The number of hydrogen-bond donors (Lipinski definition) is 1. The minimum absolute atomic E-state index is 0.129. The molecule has 162 valence electrons. The van der Waals surface area contributed by atoms with Crippen LogP contribution in [0.4, 0.5) is 0 Å². The average molecular weight is 440 g/mol. The summed E-state index contributed by atoms with van der Waals surface area (Å²) >= 11 is 6.16. The van der Waals surface area contributed by atoms with Gasteiger partial charge >= 0.3 is 0 Å². The van der Waals surface area contributed by atoms with Gasteiger partial charge in [0.05, 0.1) is 14.2 Å². The molecule has 0 aliphatic rings. The lowest BCUT2D eigenvalue weighted by atomic mass is 10.1. The van der Waals surface area contributed by atoms with Crippen LogP contribution in [0.1, 0.15) is 27.9 Å². The van der Waals surface area contributed by atoms with E-state index in [1.165, 1.54) is 0 Å². The Morgan fingerprint density at radius 3 is 2.52 bits per heavy atom. The minimum atomic E-state index is -0.129. The molecular weight excluding hydrogens is 414 g/mol. The third-order valence-corrected chi connectivity index (χ3v) is 5.19. The van der Waals surface area contributed by atoms with Crippen molar-refractivity contribution in [2.24, 2.45) is 0 Å². The number of rotatable bonds is 10. The van der Waals surface area contributed by atoms with Crippen LogP contribution in [-0.4, -0.2) is 26.7 Å². The molecule has 6 heteroatoms. The zero-order valence-corrected chi connectivity index (χ0v) is 18.4. The SMILES string of the molecule is COc1ccc(CCCNC(=O)c2cccc(OCc3ccccc3Cl)c2)cc1OC. The largest absolute Gasteiger partial charge is 0.493 e. The number of ether oxygens (including phenoxy) is 3. The van der Waals surface area contributed by atoms with Crippen LogP contribution in [0.2, 0.25) is 5.02 Å². The highest BCUT2D eigenvalue weighted by molar-refractivity contribution is 6.31. The van der Waals surface area contributed by atoms with E-state index in [-0.39, 0.29) is 5.91 Å². The molecule has 5 nitrogen and oxygen atoms in total. The summed E-state index contributed by atoms with van der Waals surface area (Å²) in [6, 6.07) is 20.5. The number of methoxy groups -OCH3 is 2. The Balaban J connectivity index is 1.48. The maximum atomic E-state index is 12.5. The Labute approximate surface area is 187 Å². The summed E-state index contributed by atoms with van der Waals surface area (Å²) in [5, 5.41) is 3.62. The maximum absolute atomic E-state index is 12.5. The predicted octanol–water partition coefficient (Wildman–Crippen LogP) is 5.30. The fraction of sp³-hybridized carbons (Fsp3) is 0.240. The molecule has 0 aliphatic heterocycles. The van der Waals surface area contributed by atoms with Gasteiger partial charge in [0.25, 0.3) is 5.91 Å². The van der Waals surface area contributed by atoms with Gasteiger partial charge in [0.2, 0.25) is 0 Å². The number of nitrogens with one attached hydrogen (secondary N) is 1. The Kier molecular flexibility index (Phi) is 8.19. The second-order valence-corrected chi connectivity index (χ2v) is 7.36. The quantitative estimate of drug-likeness (QED) is 0.435. The Bertz CT molecular complexity index is 1020. The highest BCUT2D eigenvalue weighted by Gasteiger charge is 2.08. The van der Waals surface area contributed by atoms with Crippen molar-refractivity contribution in [2.75, 3.05) is 20.8 Å². The summed E-state index contributed by atoms with van der Waals surface area (Å²) in [6.07, 6.45) is 1.63. The summed E-state index contributed by atoms with van der Waals surface area (Å²) in [5.74, 6) is 1.90. The number of benzene rings is 3. The lowest BCUT2D eigenvalue weighted by Gasteiger charge is -2.11. The van der Waals surface area contributed by atoms with E-state index in [1.807, 2.05) is 48.5 Å². The van der Waals surface area contributed by atoms with Crippen LogP contribution in [0, 0.1) is 0 Å². The molecule has 0 saturated carbocycles. The van der Waals surface area contributed by atoms with Crippen molar-refractivity contribution in [3.63, 3.8) is 0 Å². The van der Waals surface area contributed by atoms with Crippen molar-refractivity contribution in [1.82, 2.24) is 5.32 Å². The zero-order chi connectivity index (χ0) is 22.1. The average Bonchev–Trinajstić information content (AvgIpc) is 2.81. The monoisotopic (exact) mass is 439 g/mol. The molecule has 0 bridgehead atoms. The van der Waals surface area contributed by atoms with E-state index in [4.69, 9.17) is 25.8 Å². The first-order valence-corrected chi connectivity index (χ1v) is 10.4. The van der Waals surface area contributed by atoms with Gasteiger partial charge in [-0.05, 0) is 54.8 Å². The molecule has 0 fully saturated rings. The number of amides is 1. The Morgan fingerprint density at radius 2 is 1.74 bits per heavy atom. The van der Waals surface area contributed by atoms with Crippen LogP contribution in [0.3, 0.4) is 0 Å². The summed E-state index contributed by atoms with van der Waals surface area (Å²) in [5.41, 5.74) is 2.58. The highest BCUT2D eigenvalue weighted by atomic mass is 35.5. The standard InChI is InChI=1S/C25H26ClNO4/c1-29-23-13-12-18(15-24(23)30-2)7-6-14-27-25(28)19-9-5-10-21(16-19)31-17-20-8-3-4-11-22(20)26/h3-5,8-13,15-16H,6-7,14,17H2,1-2H3,(H,27,28). The highest BCUT2D eigenvalue weighted by Crippen LogP contribution is 2.28. The van der Waals surface area contributed by atoms with Crippen LogP contribution in [0.5, 0.6) is 17.2 Å². The molecule has 0 saturated heterocycles. The molecule has 0 aliphatic carbocycles. The molecule has 0 spiro atoms. The molecule has 0 atom stereocenters. The molecule has 0 unspecified atom stereocenters. The van der Waals surface area contributed by atoms with E-state index in [2.05, 4.69) is 5.32 Å². The minimum Gasteiger partial charge on any atom is -0.493 e. The number of carbonyl (C=O) groups excluding carboxylic acids is 1. The van der Waals surface area contributed by atoms with Crippen molar-refractivity contribution in [3.8, 4) is 17.2 Å². The third kappa shape index (κ3) is 6.40. The van der Waals surface area contributed by atoms with Gasteiger partial charge in [-0.15, -0.1) is 0 Å².